The van der Waals surface area contributed by atoms with Gasteiger partial charge in [0, 0.05) is 19.3 Å². The first-order chi connectivity index (χ1) is 9.25. The predicted octanol–water partition coefficient (Wildman–Crippen LogP) is 1.19. The molecule has 0 aromatic heterocycles. The third-order valence-electron chi connectivity index (χ3n) is 3.87. The van der Waals surface area contributed by atoms with Crippen molar-refractivity contribution in [1.29, 1.82) is 0 Å². The van der Waals surface area contributed by atoms with Gasteiger partial charge in [0.05, 0.1) is 4.92 Å². The Labute approximate surface area is 112 Å². The Kier molecular flexibility index (Phi) is 3.35. The van der Waals surface area contributed by atoms with Crippen LogP contribution in [0.25, 0.3) is 0 Å². The topological polar surface area (TPSA) is 52.9 Å². The number of hydrazine groups is 1. The molecule has 0 atom stereocenters. The summed E-state index contributed by atoms with van der Waals surface area (Å²) in [4.78, 5) is 13.3. The van der Waals surface area contributed by atoms with Gasteiger partial charge in [0.1, 0.15) is 12.2 Å². The highest BCUT2D eigenvalue weighted by atomic mass is 16.6. The van der Waals surface area contributed by atoms with Crippen molar-refractivity contribution in [2.24, 2.45) is 0 Å². The lowest BCUT2D eigenvalue weighted by molar-refractivity contribution is -0.426. The Morgan fingerprint density at radius 3 is 2.74 bits per heavy atom. The monoisotopic (exact) mass is 262 g/mol. The molecule has 0 unspecified atom stereocenters. The molecule has 6 heteroatoms. The number of hydrogen-bond acceptors (Lipinski definition) is 5. The zero-order valence-corrected chi connectivity index (χ0v) is 10.9. The lowest BCUT2D eigenvalue weighted by Gasteiger charge is -2.29. The Hall–Kier alpha value is -1.66. The number of nitrogens with zero attached hydrogens (tertiary/aromatic N) is 4. The summed E-state index contributed by atoms with van der Waals surface area (Å²) in [6.07, 6.45) is 10.0. The van der Waals surface area contributed by atoms with Crippen LogP contribution in [0.5, 0.6) is 0 Å². The van der Waals surface area contributed by atoms with Crippen LogP contribution in [0.4, 0.5) is 0 Å². The molecule has 6 nitrogen and oxygen atoms in total. The first-order valence-electron chi connectivity index (χ1n) is 6.74. The summed E-state index contributed by atoms with van der Waals surface area (Å²) >= 11 is 0. The van der Waals surface area contributed by atoms with E-state index in [0.717, 1.165) is 26.2 Å². The average Bonchev–Trinajstić information content (AvgIpc) is 3.04. The van der Waals surface area contributed by atoms with E-state index < -0.39 is 0 Å². The molecule has 0 saturated carbocycles. The van der Waals surface area contributed by atoms with Crippen LogP contribution in [0.15, 0.2) is 35.8 Å². The van der Waals surface area contributed by atoms with Crippen molar-refractivity contribution in [3.05, 3.63) is 45.9 Å². The highest BCUT2D eigenvalue weighted by Gasteiger charge is 2.35. The van der Waals surface area contributed by atoms with Gasteiger partial charge in [-0.3, -0.25) is 15.1 Å². The fourth-order valence-corrected chi connectivity index (χ4v) is 2.84. The molecule has 3 aliphatic heterocycles. The van der Waals surface area contributed by atoms with E-state index in [1.165, 1.54) is 12.8 Å². The molecule has 3 rings (SSSR count). The van der Waals surface area contributed by atoms with Gasteiger partial charge in [-0.1, -0.05) is 6.08 Å². The van der Waals surface area contributed by atoms with Crippen LogP contribution in [0.2, 0.25) is 0 Å². The third-order valence-corrected chi connectivity index (χ3v) is 3.87. The molecule has 0 aliphatic carbocycles. The molecule has 1 fully saturated rings. The fourth-order valence-electron chi connectivity index (χ4n) is 2.84. The highest BCUT2D eigenvalue weighted by molar-refractivity contribution is 5.32. The van der Waals surface area contributed by atoms with Crippen LogP contribution in [0, 0.1) is 10.1 Å². The molecule has 102 valence electrons. The zero-order valence-electron chi connectivity index (χ0n) is 10.9. The maximum Gasteiger partial charge on any atom is 0.286 e. The molecule has 0 bridgehead atoms. The largest absolute Gasteiger partial charge is 0.302 e. The van der Waals surface area contributed by atoms with Gasteiger partial charge in [0.2, 0.25) is 0 Å². The normalized spacial score (nSPS) is 23.5. The molecule has 3 aliphatic rings. The minimum absolute atomic E-state index is 0.262. The molecular formula is C13H18N4O2. The maximum absolute atomic E-state index is 11.1. The first-order valence-corrected chi connectivity index (χ1v) is 6.74. The predicted molar refractivity (Wildman–Crippen MR) is 71.4 cm³/mol. The second-order valence-electron chi connectivity index (χ2n) is 5.07. The molecule has 0 aromatic rings. The number of likely N-dealkylation sites (tertiary alicyclic amines) is 1. The van der Waals surface area contributed by atoms with Crippen LogP contribution in [-0.4, -0.2) is 52.6 Å². The van der Waals surface area contributed by atoms with Gasteiger partial charge in [-0.2, -0.15) is 0 Å². The zero-order chi connectivity index (χ0) is 13.2. The van der Waals surface area contributed by atoms with Crippen LogP contribution < -0.4 is 0 Å². The summed E-state index contributed by atoms with van der Waals surface area (Å²) in [6.45, 7) is 4.52. The molecule has 0 aromatic carbocycles. The van der Waals surface area contributed by atoms with Crippen molar-refractivity contribution in [3.63, 3.8) is 0 Å². The average molecular weight is 262 g/mol. The van der Waals surface area contributed by atoms with Gasteiger partial charge >= 0.3 is 0 Å². The van der Waals surface area contributed by atoms with E-state index in [0.29, 0.717) is 17.9 Å². The first kappa shape index (κ1) is 12.4. The van der Waals surface area contributed by atoms with E-state index in [1.54, 1.807) is 0 Å². The van der Waals surface area contributed by atoms with E-state index in [4.69, 9.17) is 0 Å². The van der Waals surface area contributed by atoms with Crippen molar-refractivity contribution in [3.8, 4) is 0 Å². The Morgan fingerprint density at radius 1 is 1.21 bits per heavy atom. The summed E-state index contributed by atoms with van der Waals surface area (Å²) in [5, 5.41) is 15.0. The van der Waals surface area contributed by atoms with Crippen LogP contribution in [0.1, 0.15) is 12.8 Å². The van der Waals surface area contributed by atoms with Gasteiger partial charge in [-0.25, -0.2) is 5.01 Å². The molecule has 0 N–H and O–H groups in total. The van der Waals surface area contributed by atoms with E-state index in [-0.39, 0.29) is 4.92 Å². The number of nitro groups is 1. The van der Waals surface area contributed by atoms with Crippen LogP contribution in [0.3, 0.4) is 0 Å². The van der Waals surface area contributed by atoms with Gasteiger partial charge < -0.3 is 4.90 Å². The molecule has 0 spiro atoms. The summed E-state index contributed by atoms with van der Waals surface area (Å²) in [5.41, 5.74) is 0.996. The summed E-state index contributed by atoms with van der Waals surface area (Å²) in [5.74, 6) is 0. The van der Waals surface area contributed by atoms with Crippen LogP contribution >= 0.6 is 0 Å². The van der Waals surface area contributed by atoms with Gasteiger partial charge in [-0.15, -0.1) is 0 Å². The summed E-state index contributed by atoms with van der Waals surface area (Å²) < 4.78 is 0. The molecule has 1 saturated heterocycles. The second kappa shape index (κ2) is 5.14. The van der Waals surface area contributed by atoms with Crippen molar-refractivity contribution < 1.29 is 4.92 Å². The third kappa shape index (κ3) is 2.41. The SMILES string of the molecule is O=[N+]([O-])C1=C2C=CC=CN2N(CCN2CCCC2)C1. The van der Waals surface area contributed by atoms with Crippen molar-refractivity contribution in [2.75, 3.05) is 32.7 Å². The minimum atomic E-state index is -0.262. The summed E-state index contributed by atoms with van der Waals surface area (Å²) in [7, 11) is 0. The number of rotatable bonds is 4. The Morgan fingerprint density at radius 2 is 2.00 bits per heavy atom. The van der Waals surface area contributed by atoms with Gasteiger partial charge in [-0.05, 0) is 38.1 Å². The second-order valence-corrected chi connectivity index (χ2v) is 5.07. The summed E-state index contributed by atoms with van der Waals surface area (Å²) in [6, 6.07) is 0. The van der Waals surface area contributed by atoms with E-state index >= 15 is 0 Å². The Bertz CT molecular complexity index is 463. The molecule has 3 heterocycles. The fraction of sp³-hybridized carbons (Fsp3) is 0.538. The van der Waals surface area contributed by atoms with E-state index in [2.05, 4.69) is 4.90 Å². The Balaban J connectivity index is 1.66. The standard InChI is InChI=1S/C13H18N4O2/c18-17(19)13-11-15(10-9-14-6-3-4-7-14)16-8-2-1-5-12(13)16/h1-2,5,8H,3-4,6-7,9-11H2. The van der Waals surface area contributed by atoms with Gasteiger partial charge in [0.15, 0.2) is 0 Å². The molecular weight excluding hydrogens is 244 g/mol. The number of hydrogen-bond donors (Lipinski definition) is 0. The minimum Gasteiger partial charge on any atom is -0.302 e. The van der Waals surface area contributed by atoms with Crippen molar-refractivity contribution in [2.45, 2.75) is 12.8 Å². The lowest BCUT2D eigenvalue weighted by Crippen LogP contribution is -2.39. The van der Waals surface area contributed by atoms with E-state index in [1.807, 2.05) is 34.4 Å². The van der Waals surface area contributed by atoms with Crippen molar-refractivity contribution >= 4 is 0 Å². The van der Waals surface area contributed by atoms with Gasteiger partial charge in [0.25, 0.3) is 5.70 Å². The van der Waals surface area contributed by atoms with Crippen molar-refractivity contribution in [1.82, 2.24) is 14.9 Å². The molecule has 0 radical (unpaired) electrons. The number of allylic oxidation sites excluding steroid dienone is 3. The van der Waals surface area contributed by atoms with E-state index in [9.17, 15) is 10.1 Å². The maximum atomic E-state index is 11.1. The number of fused-ring (bicyclic) bond motifs is 1. The molecule has 0 amide bonds. The smallest absolute Gasteiger partial charge is 0.286 e. The molecule has 19 heavy (non-hydrogen) atoms. The highest BCUT2D eigenvalue weighted by Crippen LogP contribution is 2.27. The lowest BCUT2D eigenvalue weighted by atomic mass is 10.3. The quantitative estimate of drug-likeness (QED) is 0.562. The van der Waals surface area contributed by atoms with Crippen LogP contribution in [-0.2, 0) is 0 Å².